The molecule has 0 aliphatic carbocycles. The Balaban J connectivity index is 1.60. The number of nitrogens with zero attached hydrogens (tertiary/aromatic N) is 2. The van der Waals surface area contributed by atoms with Crippen LogP contribution in [0.15, 0.2) is 17.5 Å². The third-order valence-corrected chi connectivity index (χ3v) is 7.25. The van der Waals surface area contributed by atoms with Crippen LogP contribution in [0.1, 0.15) is 30.6 Å². The molecular weight excluding hydrogens is 438 g/mol. The molecule has 3 heterocycles. The maximum atomic E-state index is 12.7. The summed E-state index contributed by atoms with van der Waals surface area (Å²) in [6.45, 7) is 0.731. The van der Waals surface area contributed by atoms with Crippen molar-refractivity contribution in [2.24, 2.45) is 0 Å². The van der Waals surface area contributed by atoms with Crippen LogP contribution >= 0.6 is 22.9 Å². The Morgan fingerprint density at radius 2 is 2.03 bits per heavy atom. The highest BCUT2D eigenvalue weighted by atomic mass is 35.5. The molecule has 158 valence electrons. The average molecular weight is 460 g/mol. The first-order valence-electron chi connectivity index (χ1n) is 9.28. The zero-order valence-electron chi connectivity index (χ0n) is 15.6. The molecule has 11 heteroatoms. The van der Waals surface area contributed by atoms with E-state index >= 15 is 0 Å². The van der Waals surface area contributed by atoms with Gasteiger partial charge < -0.3 is 14.6 Å². The number of likely N-dealkylation sites (tertiary alicyclic amines) is 2. The Morgan fingerprint density at radius 3 is 2.72 bits per heavy atom. The van der Waals surface area contributed by atoms with Crippen LogP contribution in [0.3, 0.4) is 0 Å². The van der Waals surface area contributed by atoms with Gasteiger partial charge in [0, 0.05) is 23.4 Å². The summed E-state index contributed by atoms with van der Waals surface area (Å²) < 4.78 is 27.6. The fraction of sp³-hybridized carbons (Fsp3) is 0.500. The minimum absolute atomic E-state index is 0.148. The van der Waals surface area contributed by atoms with Crippen molar-refractivity contribution in [2.75, 3.05) is 19.6 Å². The molecule has 1 aromatic rings. The summed E-state index contributed by atoms with van der Waals surface area (Å²) in [4.78, 5) is 39.8. The predicted molar refractivity (Wildman–Crippen MR) is 111 cm³/mol. The number of piperidine rings is 1. The Hall–Kier alpha value is -1.75. The molecule has 2 amide bonds. The normalized spacial score (nSPS) is 23.1. The molecule has 1 aromatic heterocycles. The van der Waals surface area contributed by atoms with E-state index < -0.39 is 28.0 Å². The van der Waals surface area contributed by atoms with Gasteiger partial charge in [-0.3, -0.25) is 9.59 Å². The van der Waals surface area contributed by atoms with Gasteiger partial charge in [-0.25, -0.2) is 8.42 Å². The lowest BCUT2D eigenvalue weighted by Crippen LogP contribution is -2.54. The minimum atomic E-state index is -3.84. The molecule has 0 bridgehead atoms. The van der Waals surface area contributed by atoms with E-state index in [1.165, 1.54) is 27.2 Å². The van der Waals surface area contributed by atoms with E-state index in [4.69, 9.17) is 11.6 Å². The molecule has 29 heavy (non-hydrogen) atoms. The van der Waals surface area contributed by atoms with Crippen LogP contribution in [0.25, 0.3) is 6.08 Å². The van der Waals surface area contributed by atoms with Gasteiger partial charge in [-0.1, -0.05) is 11.6 Å². The number of amides is 2. The van der Waals surface area contributed by atoms with E-state index in [0.29, 0.717) is 41.6 Å². The molecule has 0 saturated carbocycles. The Labute approximate surface area is 178 Å². The van der Waals surface area contributed by atoms with E-state index in [2.05, 4.69) is 4.72 Å². The number of carbonyl (C=O) groups is 3. The van der Waals surface area contributed by atoms with Crippen molar-refractivity contribution in [3.8, 4) is 0 Å². The topological polar surface area (TPSA) is 104 Å². The van der Waals surface area contributed by atoms with Crippen LogP contribution < -0.4 is 4.72 Å². The monoisotopic (exact) mass is 459 g/mol. The molecule has 0 spiro atoms. The van der Waals surface area contributed by atoms with Crippen molar-refractivity contribution < 1.29 is 22.8 Å². The molecule has 2 aliphatic rings. The van der Waals surface area contributed by atoms with Crippen LogP contribution in [0.2, 0.25) is 4.34 Å². The van der Waals surface area contributed by atoms with Crippen molar-refractivity contribution >= 4 is 57.1 Å². The highest BCUT2D eigenvalue weighted by Crippen LogP contribution is 2.23. The maximum absolute atomic E-state index is 12.7. The lowest BCUT2D eigenvalue weighted by molar-refractivity contribution is -0.144. The number of aldehydes is 1. The van der Waals surface area contributed by atoms with Gasteiger partial charge in [-0.05, 0) is 43.9 Å². The third kappa shape index (κ3) is 5.65. The van der Waals surface area contributed by atoms with Crippen LogP contribution in [0.5, 0.6) is 0 Å². The first-order valence-corrected chi connectivity index (χ1v) is 12.0. The van der Waals surface area contributed by atoms with Gasteiger partial charge >= 0.3 is 0 Å². The van der Waals surface area contributed by atoms with Crippen LogP contribution in [0, 0.1) is 0 Å². The average Bonchev–Trinajstić information content (AvgIpc) is 3.32. The second-order valence-electron chi connectivity index (χ2n) is 6.99. The number of carbonyl (C=O) groups excluding carboxylic acids is 3. The molecule has 2 atom stereocenters. The molecule has 0 unspecified atom stereocenters. The van der Waals surface area contributed by atoms with Gasteiger partial charge in [-0.2, -0.15) is 4.72 Å². The Morgan fingerprint density at radius 1 is 1.28 bits per heavy atom. The molecule has 3 rings (SSSR count). The number of thiophene rings is 1. The van der Waals surface area contributed by atoms with Crippen molar-refractivity contribution in [1.29, 1.82) is 0 Å². The molecular formula is C18H22ClN3O5S2. The fourth-order valence-electron chi connectivity index (χ4n) is 3.52. The van der Waals surface area contributed by atoms with Crippen LogP contribution in [-0.4, -0.2) is 68.0 Å². The van der Waals surface area contributed by atoms with E-state index in [1.807, 2.05) is 0 Å². The van der Waals surface area contributed by atoms with Gasteiger partial charge in [0.15, 0.2) is 0 Å². The minimum Gasteiger partial charge on any atom is -0.332 e. The molecule has 1 N–H and O–H groups in total. The first kappa shape index (κ1) is 21.9. The van der Waals surface area contributed by atoms with Crippen molar-refractivity contribution in [3.63, 3.8) is 0 Å². The third-order valence-electron chi connectivity index (χ3n) is 4.95. The summed E-state index contributed by atoms with van der Waals surface area (Å²) in [5.41, 5.74) is 0. The molecule has 0 radical (unpaired) electrons. The predicted octanol–water partition coefficient (Wildman–Crippen LogP) is 1.47. The number of hydrogen-bond donors (Lipinski definition) is 1. The highest BCUT2D eigenvalue weighted by Gasteiger charge is 2.35. The summed E-state index contributed by atoms with van der Waals surface area (Å²) in [7, 11) is -3.84. The summed E-state index contributed by atoms with van der Waals surface area (Å²) in [5, 5.41) is 1.01. The van der Waals surface area contributed by atoms with Gasteiger partial charge in [0.05, 0.1) is 16.9 Å². The zero-order valence-corrected chi connectivity index (χ0v) is 18.0. The van der Waals surface area contributed by atoms with Gasteiger partial charge in [0.1, 0.15) is 12.3 Å². The van der Waals surface area contributed by atoms with E-state index in [0.717, 1.165) is 18.1 Å². The number of nitrogens with one attached hydrogen (secondary N) is 1. The van der Waals surface area contributed by atoms with E-state index in [9.17, 15) is 22.8 Å². The van der Waals surface area contributed by atoms with Crippen molar-refractivity contribution in [3.05, 3.63) is 26.8 Å². The largest absolute Gasteiger partial charge is 0.332 e. The van der Waals surface area contributed by atoms with Gasteiger partial charge in [-0.15, -0.1) is 11.3 Å². The number of rotatable bonds is 7. The van der Waals surface area contributed by atoms with E-state index in [1.54, 1.807) is 12.1 Å². The van der Waals surface area contributed by atoms with Crippen molar-refractivity contribution in [1.82, 2.24) is 14.5 Å². The lowest BCUT2D eigenvalue weighted by Gasteiger charge is -2.33. The lowest BCUT2D eigenvalue weighted by atomic mass is 10.1. The maximum Gasteiger partial charge on any atom is 0.242 e. The standard InChI is InChI=1S/C18H22ClN3O5S2/c19-16-6-5-14(28-16)7-10-29(26,27)20-15-4-2-8-21(18(15)25)11-17(24)22-9-1-3-13(22)12-23/h5-7,10,12-13,15,20H,1-4,8-9,11H2/t13-,15-/m0/s1. The second-order valence-corrected chi connectivity index (χ2v) is 10.3. The second kappa shape index (κ2) is 9.38. The van der Waals surface area contributed by atoms with Crippen LogP contribution in [-0.2, 0) is 24.4 Å². The van der Waals surface area contributed by atoms with Crippen LogP contribution in [0.4, 0.5) is 0 Å². The Kier molecular flexibility index (Phi) is 7.10. The summed E-state index contributed by atoms with van der Waals surface area (Å²) in [6, 6.07) is 2.01. The number of halogens is 1. The molecule has 0 aromatic carbocycles. The molecule has 2 aliphatic heterocycles. The van der Waals surface area contributed by atoms with Crippen molar-refractivity contribution in [2.45, 2.75) is 37.8 Å². The number of hydrogen-bond acceptors (Lipinski definition) is 6. The fourth-order valence-corrected chi connectivity index (χ4v) is 5.59. The smallest absolute Gasteiger partial charge is 0.242 e. The Bertz CT molecular complexity index is 914. The summed E-state index contributed by atoms with van der Waals surface area (Å²) in [5.74, 6) is -0.714. The SMILES string of the molecule is O=C[C@@H]1CCCN1C(=O)CN1CCC[C@H](NS(=O)(=O)C=Cc2ccc(Cl)s2)C1=O. The molecule has 8 nitrogen and oxygen atoms in total. The quantitative estimate of drug-likeness (QED) is 0.622. The number of sulfonamides is 1. The highest BCUT2D eigenvalue weighted by molar-refractivity contribution is 7.92. The first-order chi connectivity index (χ1) is 13.8. The molecule has 2 saturated heterocycles. The summed E-state index contributed by atoms with van der Waals surface area (Å²) in [6.07, 6.45) is 4.50. The molecule has 2 fully saturated rings. The van der Waals surface area contributed by atoms with Gasteiger partial charge in [0.2, 0.25) is 21.8 Å². The van der Waals surface area contributed by atoms with E-state index in [-0.39, 0.29) is 12.5 Å². The summed E-state index contributed by atoms with van der Waals surface area (Å²) >= 11 is 7.07. The van der Waals surface area contributed by atoms with Gasteiger partial charge in [0.25, 0.3) is 0 Å². The zero-order chi connectivity index (χ0) is 21.0.